The van der Waals surface area contributed by atoms with E-state index in [2.05, 4.69) is 5.48 Å². The van der Waals surface area contributed by atoms with Crippen molar-refractivity contribution in [2.75, 3.05) is 13.1 Å². The fourth-order valence-electron chi connectivity index (χ4n) is 2.04. The molecule has 1 aliphatic rings. The van der Waals surface area contributed by atoms with Crippen LogP contribution in [0.5, 0.6) is 0 Å². The molecule has 1 atom stereocenters. The number of hydrogen-bond acceptors (Lipinski definition) is 3. The van der Waals surface area contributed by atoms with Gasteiger partial charge >= 0.3 is 0 Å². The average molecular weight is 270 g/mol. The number of nitrogens with one attached hydrogen (secondary N) is 1. The van der Waals surface area contributed by atoms with Crippen LogP contribution in [0.4, 0.5) is 0 Å². The lowest BCUT2D eigenvalue weighted by Gasteiger charge is -2.33. The standard InChI is InChI=1S/C14H26N2O3/c1-10(2)13(18)16-8-6-7-11(9-16)12(17)15-19-14(3,4)5/h10-11H,6-9H2,1-5H3,(H,15,17). The second-order valence-electron chi connectivity index (χ2n) is 6.46. The summed E-state index contributed by atoms with van der Waals surface area (Å²) in [4.78, 5) is 31.0. The Morgan fingerprint density at radius 1 is 1.32 bits per heavy atom. The van der Waals surface area contributed by atoms with E-state index in [0.29, 0.717) is 6.54 Å². The molecule has 1 heterocycles. The Morgan fingerprint density at radius 3 is 2.47 bits per heavy atom. The lowest BCUT2D eigenvalue weighted by atomic mass is 9.96. The van der Waals surface area contributed by atoms with Crippen molar-refractivity contribution in [3.05, 3.63) is 0 Å². The van der Waals surface area contributed by atoms with Crippen molar-refractivity contribution in [2.24, 2.45) is 11.8 Å². The molecule has 0 aromatic carbocycles. The van der Waals surface area contributed by atoms with E-state index in [0.717, 1.165) is 19.4 Å². The molecule has 2 amide bonds. The monoisotopic (exact) mass is 270 g/mol. The number of amides is 2. The van der Waals surface area contributed by atoms with Gasteiger partial charge in [0.05, 0.1) is 11.5 Å². The largest absolute Gasteiger partial charge is 0.342 e. The van der Waals surface area contributed by atoms with Gasteiger partial charge in [0, 0.05) is 19.0 Å². The minimum atomic E-state index is -0.405. The molecule has 1 fully saturated rings. The molecular formula is C14H26N2O3. The quantitative estimate of drug-likeness (QED) is 0.795. The highest BCUT2D eigenvalue weighted by Gasteiger charge is 2.30. The number of nitrogens with zero attached hydrogens (tertiary/aromatic N) is 1. The summed E-state index contributed by atoms with van der Waals surface area (Å²) in [6, 6.07) is 0. The van der Waals surface area contributed by atoms with E-state index in [1.165, 1.54) is 0 Å². The second-order valence-corrected chi connectivity index (χ2v) is 6.46. The number of carbonyl (C=O) groups is 2. The molecule has 5 heteroatoms. The van der Waals surface area contributed by atoms with Crippen LogP contribution in [0.15, 0.2) is 0 Å². The van der Waals surface area contributed by atoms with Crippen LogP contribution in [-0.4, -0.2) is 35.4 Å². The normalized spacial score (nSPS) is 20.5. The van der Waals surface area contributed by atoms with E-state index in [1.54, 1.807) is 4.90 Å². The van der Waals surface area contributed by atoms with Gasteiger partial charge in [-0.3, -0.25) is 14.4 Å². The number of hydrogen-bond donors (Lipinski definition) is 1. The van der Waals surface area contributed by atoms with Crippen LogP contribution in [0.1, 0.15) is 47.5 Å². The van der Waals surface area contributed by atoms with E-state index in [1.807, 2.05) is 34.6 Å². The highest BCUT2D eigenvalue weighted by molar-refractivity contribution is 5.81. The van der Waals surface area contributed by atoms with E-state index in [4.69, 9.17) is 4.84 Å². The minimum Gasteiger partial charge on any atom is -0.342 e. The lowest BCUT2D eigenvalue weighted by molar-refractivity contribution is -0.153. The predicted octanol–water partition coefficient (Wildman–Crippen LogP) is 1.73. The maximum atomic E-state index is 12.0. The Hall–Kier alpha value is -1.10. The molecule has 1 unspecified atom stereocenters. The summed E-state index contributed by atoms with van der Waals surface area (Å²) in [5, 5.41) is 0. The summed E-state index contributed by atoms with van der Waals surface area (Å²) in [6.07, 6.45) is 1.67. The van der Waals surface area contributed by atoms with Gasteiger partial charge in [0.25, 0.3) is 0 Å². The van der Waals surface area contributed by atoms with Crippen molar-refractivity contribution in [3.63, 3.8) is 0 Å². The van der Waals surface area contributed by atoms with Gasteiger partial charge < -0.3 is 4.90 Å². The zero-order chi connectivity index (χ0) is 14.6. The van der Waals surface area contributed by atoms with Crippen LogP contribution < -0.4 is 5.48 Å². The molecule has 0 aromatic heterocycles. The van der Waals surface area contributed by atoms with Crippen LogP contribution in [0.3, 0.4) is 0 Å². The van der Waals surface area contributed by atoms with Gasteiger partial charge in [-0.15, -0.1) is 0 Å². The van der Waals surface area contributed by atoms with E-state index in [-0.39, 0.29) is 23.7 Å². The van der Waals surface area contributed by atoms with Gasteiger partial charge in [-0.05, 0) is 33.6 Å². The minimum absolute atomic E-state index is 0.0207. The third kappa shape index (κ3) is 5.19. The molecule has 110 valence electrons. The van der Waals surface area contributed by atoms with Gasteiger partial charge in [0.1, 0.15) is 0 Å². The van der Waals surface area contributed by atoms with Crippen LogP contribution >= 0.6 is 0 Å². The number of likely N-dealkylation sites (tertiary alicyclic amines) is 1. The number of carbonyl (C=O) groups excluding carboxylic acids is 2. The van der Waals surface area contributed by atoms with Gasteiger partial charge in [-0.2, -0.15) is 0 Å². The highest BCUT2D eigenvalue weighted by Crippen LogP contribution is 2.19. The summed E-state index contributed by atoms with van der Waals surface area (Å²) in [6.45, 7) is 10.6. The molecule has 1 N–H and O–H groups in total. The van der Waals surface area contributed by atoms with Gasteiger partial charge in [0.15, 0.2) is 0 Å². The molecule has 5 nitrogen and oxygen atoms in total. The Balaban J connectivity index is 2.50. The molecule has 0 aliphatic carbocycles. The Labute approximate surface area is 115 Å². The average Bonchev–Trinajstić information content (AvgIpc) is 2.34. The van der Waals surface area contributed by atoms with Crippen molar-refractivity contribution in [3.8, 4) is 0 Å². The third-order valence-corrected chi connectivity index (χ3v) is 3.06. The van der Waals surface area contributed by atoms with Crippen LogP contribution in [-0.2, 0) is 14.4 Å². The number of piperidine rings is 1. The summed E-state index contributed by atoms with van der Waals surface area (Å²) in [5.74, 6) is -0.197. The van der Waals surface area contributed by atoms with E-state index < -0.39 is 5.60 Å². The molecule has 1 saturated heterocycles. The summed E-state index contributed by atoms with van der Waals surface area (Å²) in [5.41, 5.74) is 2.10. The van der Waals surface area contributed by atoms with E-state index in [9.17, 15) is 9.59 Å². The Bertz CT molecular complexity index is 334. The smallest absolute Gasteiger partial charge is 0.248 e. The topological polar surface area (TPSA) is 58.6 Å². The second kappa shape index (κ2) is 6.37. The first-order valence-electron chi connectivity index (χ1n) is 6.97. The SMILES string of the molecule is CC(C)C(=O)N1CCCC(C(=O)NOC(C)(C)C)C1. The first kappa shape index (κ1) is 16.0. The zero-order valence-corrected chi connectivity index (χ0v) is 12.7. The fraction of sp³-hybridized carbons (Fsp3) is 0.857. The molecule has 0 spiro atoms. The molecule has 0 saturated carbocycles. The van der Waals surface area contributed by atoms with Crippen LogP contribution in [0.25, 0.3) is 0 Å². The van der Waals surface area contributed by atoms with Crippen molar-refractivity contribution >= 4 is 11.8 Å². The Kier molecular flexibility index (Phi) is 5.35. The third-order valence-electron chi connectivity index (χ3n) is 3.06. The van der Waals surface area contributed by atoms with Crippen molar-refractivity contribution < 1.29 is 14.4 Å². The molecule has 0 bridgehead atoms. The molecule has 1 rings (SSSR count). The Morgan fingerprint density at radius 2 is 1.95 bits per heavy atom. The first-order valence-corrected chi connectivity index (χ1v) is 6.97. The molecular weight excluding hydrogens is 244 g/mol. The van der Waals surface area contributed by atoms with Crippen LogP contribution in [0, 0.1) is 11.8 Å². The lowest BCUT2D eigenvalue weighted by Crippen LogP contribution is -2.47. The van der Waals surface area contributed by atoms with Gasteiger partial charge in [-0.1, -0.05) is 13.8 Å². The molecule has 0 radical (unpaired) electrons. The van der Waals surface area contributed by atoms with Gasteiger partial charge in [-0.25, -0.2) is 5.48 Å². The van der Waals surface area contributed by atoms with Crippen LogP contribution in [0.2, 0.25) is 0 Å². The number of rotatable bonds is 3. The first-order chi connectivity index (χ1) is 8.70. The van der Waals surface area contributed by atoms with E-state index >= 15 is 0 Å². The molecule has 1 aliphatic heterocycles. The molecule has 19 heavy (non-hydrogen) atoms. The summed E-state index contributed by atoms with van der Waals surface area (Å²) < 4.78 is 0. The van der Waals surface area contributed by atoms with Crippen molar-refractivity contribution in [1.82, 2.24) is 10.4 Å². The fourth-order valence-corrected chi connectivity index (χ4v) is 2.04. The van der Waals surface area contributed by atoms with Crippen molar-refractivity contribution in [1.29, 1.82) is 0 Å². The van der Waals surface area contributed by atoms with Crippen molar-refractivity contribution in [2.45, 2.75) is 53.1 Å². The maximum Gasteiger partial charge on any atom is 0.248 e. The maximum absolute atomic E-state index is 12.0. The predicted molar refractivity (Wildman–Crippen MR) is 73.1 cm³/mol. The summed E-state index contributed by atoms with van der Waals surface area (Å²) in [7, 11) is 0. The number of hydroxylamine groups is 1. The zero-order valence-electron chi connectivity index (χ0n) is 12.7. The highest BCUT2D eigenvalue weighted by atomic mass is 16.7. The summed E-state index contributed by atoms with van der Waals surface area (Å²) >= 11 is 0. The molecule has 0 aromatic rings. The van der Waals surface area contributed by atoms with Gasteiger partial charge in [0.2, 0.25) is 11.8 Å².